The molecule has 4 nitrogen and oxygen atoms in total. The predicted molar refractivity (Wildman–Crippen MR) is 84.9 cm³/mol. The van der Waals surface area contributed by atoms with Crippen LogP contribution in [-0.2, 0) is 5.75 Å². The molecule has 3 rings (SSSR count). The van der Waals surface area contributed by atoms with Crippen molar-refractivity contribution in [2.24, 2.45) is 0 Å². The van der Waals surface area contributed by atoms with Crippen LogP contribution in [-0.4, -0.2) is 21.3 Å². The highest BCUT2D eigenvalue weighted by atomic mass is 32.2. The quantitative estimate of drug-likeness (QED) is 0.866. The Kier molecular flexibility index (Phi) is 4.65. The Balaban J connectivity index is 1.61. The number of carbonyl (C=O) groups is 1. The van der Waals surface area contributed by atoms with Gasteiger partial charge in [0.15, 0.2) is 5.76 Å². The van der Waals surface area contributed by atoms with Crippen molar-refractivity contribution in [2.45, 2.75) is 43.1 Å². The maximum Gasteiger partial charge on any atom is 0.338 e. The molecule has 0 aliphatic heterocycles. The molecular formula is C15H17NO3S2. The molecule has 0 atom stereocenters. The van der Waals surface area contributed by atoms with Crippen molar-refractivity contribution < 1.29 is 14.3 Å². The number of carboxylic acid groups (broad SMARTS) is 1. The van der Waals surface area contributed by atoms with Gasteiger partial charge in [0.1, 0.15) is 17.0 Å². The molecular weight excluding hydrogens is 306 g/mol. The first-order chi connectivity index (χ1) is 10.2. The highest BCUT2D eigenvalue weighted by molar-refractivity contribution is 7.99. The van der Waals surface area contributed by atoms with E-state index >= 15 is 0 Å². The molecule has 1 aliphatic carbocycles. The van der Waals surface area contributed by atoms with E-state index in [-0.39, 0.29) is 5.56 Å². The van der Waals surface area contributed by atoms with Crippen LogP contribution in [0.5, 0.6) is 0 Å². The zero-order valence-corrected chi connectivity index (χ0v) is 13.2. The van der Waals surface area contributed by atoms with Crippen molar-refractivity contribution in [3.63, 3.8) is 0 Å². The average Bonchev–Trinajstić information content (AvgIpc) is 3.15. The van der Waals surface area contributed by atoms with E-state index in [4.69, 9.17) is 9.52 Å². The molecule has 1 saturated carbocycles. The molecule has 2 aromatic heterocycles. The van der Waals surface area contributed by atoms with E-state index in [0.717, 1.165) is 21.7 Å². The number of hydrogen-bond donors (Lipinski definition) is 1. The third-order valence-corrected chi connectivity index (χ3v) is 6.06. The van der Waals surface area contributed by atoms with Gasteiger partial charge in [-0.15, -0.1) is 11.3 Å². The molecule has 0 unspecified atom stereocenters. The number of carboxylic acids is 1. The molecule has 0 aromatic carbocycles. The number of furan rings is 1. The number of hydrogen-bond acceptors (Lipinski definition) is 5. The minimum Gasteiger partial charge on any atom is -0.478 e. The van der Waals surface area contributed by atoms with Gasteiger partial charge in [-0.3, -0.25) is 0 Å². The van der Waals surface area contributed by atoms with E-state index in [1.807, 2.05) is 17.1 Å². The third-order valence-electron chi connectivity index (χ3n) is 3.65. The summed E-state index contributed by atoms with van der Waals surface area (Å²) in [6, 6.07) is 1.52. The van der Waals surface area contributed by atoms with E-state index in [0.29, 0.717) is 5.76 Å². The monoisotopic (exact) mass is 323 g/mol. The fourth-order valence-electron chi connectivity index (χ4n) is 2.49. The average molecular weight is 323 g/mol. The number of thioether (sulfide) groups is 1. The van der Waals surface area contributed by atoms with Gasteiger partial charge in [-0.05, 0) is 12.8 Å². The van der Waals surface area contributed by atoms with E-state index < -0.39 is 5.97 Å². The summed E-state index contributed by atoms with van der Waals surface area (Å²) in [4.78, 5) is 15.4. The number of rotatable bonds is 5. The Hall–Kier alpha value is -1.27. The summed E-state index contributed by atoms with van der Waals surface area (Å²) in [6.45, 7) is 0. The van der Waals surface area contributed by atoms with Crippen LogP contribution in [0.1, 0.15) is 47.5 Å². The van der Waals surface area contributed by atoms with Gasteiger partial charge in [0.25, 0.3) is 0 Å². The van der Waals surface area contributed by atoms with Crippen molar-refractivity contribution in [3.8, 4) is 11.5 Å². The topological polar surface area (TPSA) is 63.3 Å². The summed E-state index contributed by atoms with van der Waals surface area (Å²) in [6.07, 6.45) is 7.98. The highest BCUT2D eigenvalue weighted by Crippen LogP contribution is 2.32. The largest absolute Gasteiger partial charge is 0.478 e. The zero-order chi connectivity index (χ0) is 14.7. The van der Waals surface area contributed by atoms with Crippen LogP contribution in [0, 0.1) is 0 Å². The molecule has 0 bridgehead atoms. The molecule has 1 aliphatic rings. The van der Waals surface area contributed by atoms with Crippen LogP contribution in [0.25, 0.3) is 11.5 Å². The fraction of sp³-hybridized carbons (Fsp3) is 0.467. The van der Waals surface area contributed by atoms with Gasteiger partial charge in [0.2, 0.25) is 0 Å². The summed E-state index contributed by atoms with van der Waals surface area (Å²) >= 11 is 3.60. The molecule has 6 heteroatoms. The van der Waals surface area contributed by atoms with Crippen LogP contribution in [0.2, 0.25) is 0 Å². The maximum absolute atomic E-state index is 10.8. The van der Waals surface area contributed by atoms with Gasteiger partial charge < -0.3 is 9.52 Å². The van der Waals surface area contributed by atoms with E-state index in [9.17, 15) is 4.79 Å². The minimum absolute atomic E-state index is 0.163. The van der Waals surface area contributed by atoms with Crippen molar-refractivity contribution in [2.75, 3.05) is 0 Å². The Bertz CT molecular complexity index is 614. The molecule has 0 saturated heterocycles. The van der Waals surface area contributed by atoms with E-state index in [1.54, 1.807) is 11.3 Å². The molecule has 0 amide bonds. The summed E-state index contributed by atoms with van der Waals surface area (Å²) in [5.41, 5.74) is 0.892. The first-order valence-corrected chi connectivity index (χ1v) is 9.03. The lowest BCUT2D eigenvalue weighted by atomic mass is 10.0. The van der Waals surface area contributed by atoms with Gasteiger partial charge in [0, 0.05) is 22.4 Å². The molecule has 112 valence electrons. The summed E-state index contributed by atoms with van der Waals surface area (Å²) in [5.74, 6) is 0.479. The normalized spacial score (nSPS) is 16.2. The zero-order valence-electron chi connectivity index (χ0n) is 11.6. The molecule has 0 radical (unpaired) electrons. The summed E-state index contributed by atoms with van der Waals surface area (Å²) in [7, 11) is 0. The highest BCUT2D eigenvalue weighted by Gasteiger charge is 2.16. The maximum atomic E-state index is 10.8. The molecule has 2 aromatic rings. The van der Waals surface area contributed by atoms with E-state index in [1.165, 1.54) is 44.4 Å². The van der Waals surface area contributed by atoms with Crippen LogP contribution < -0.4 is 0 Å². The first-order valence-electron chi connectivity index (χ1n) is 7.10. The molecule has 1 N–H and O–H groups in total. The lowest BCUT2D eigenvalue weighted by molar-refractivity contribution is 0.0696. The molecule has 21 heavy (non-hydrogen) atoms. The van der Waals surface area contributed by atoms with Gasteiger partial charge in [-0.2, -0.15) is 11.8 Å². The standard InChI is InChI=1S/C15H17NO3S2/c17-15(18)10-6-13(19-7-10)12-8-21-14(16-12)9-20-11-4-2-1-3-5-11/h6-8,11H,1-5,9H2,(H,17,18). The predicted octanol–water partition coefficient (Wildman–Crippen LogP) is 4.67. The molecule has 0 spiro atoms. The van der Waals surface area contributed by atoms with Gasteiger partial charge in [0.05, 0.1) is 5.56 Å². The second kappa shape index (κ2) is 6.66. The lowest BCUT2D eigenvalue weighted by Gasteiger charge is -2.20. The van der Waals surface area contributed by atoms with E-state index in [2.05, 4.69) is 4.98 Å². The number of aromatic nitrogens is 1. The smallest absolute Gasteiger partial charge is 0.338 e. The van der Waals surface area contributed by atoms with Gasteiger partial charge in [-0.25, -0.2) is 9.78 Å². The second-order valence-electron chi connectivity index (χ2n) is 5.20. The van der Waals surface area contributed by atoms with Crippen molar-refractivity contribution >= 4 is 29.1 Å². The SMILES string of the molecule is O=C(O)c1coc(-c2csc(CSC3CCCCC3)n2)c1. The Labute approximate surface area is 131 Å². The van der Waals surface area contributed by atoms with Gasteiger partial charge in [-0.1, -0.05) is 19.3 Å². The number of aromatic carboxylic acids is 1. The minimum atomic E-state index is -0.978. The third kappa shape index (κ3) is 3.68. The number of nitrogens with zero attached hydrogens (tertiary/aromatic N) is 1. The van der Waals surface area contributed by atoms with Crippen LogP contribution in [0.3, 0.4) is 0 Å². The molecule has 2 heterocycles. The van der Waals surface area contributed by atoms with Crippen LogP contribution in [0.15, 0.2) is 22.1 Å². The summed E-state index contributed by atoms with van der Waals surface area (Å²) in [5, 5.41) is 12.7. The van der Waals surface area contributed by atoms with Crippen molar-refractivity contribution in [1.82, 2.24) is 4.98 Å². The van der Waals surface area contributed by atoms with Gasteiger partial charge >= 0.3 is 5.97 Å². The summed E-state index contributed by atoms with van der Waals surface area (Å²) < 4.78 is 5.28. The van der Waals surface area contributed by atoms with Crippen molar-refractivity contribution in [3.05, 3.63) is 28.3 Å². The Morgan fingerprint density at radius 1 is 1.43 bits per heavy atom. The second-order valence-corrected chi connectivity index (χ2v) is 7.43. The number of thiazole rings is 1. The van der Waals surface area contributed by atoms with Crippen LogP contribution >= 0.6 is 23.1 Å². The fourth-order valence-corrected chi connectivity index (χ4v) is 4.65. The Morgan fingerprint density at radius 2 is 2.24 bits per heavy atom. The van der Waals surface area contributed by atoms with Crippen molar-refractivity contribution in [1.29, 1.82) is 0 Å². The molecule has 1 fully saturated rings. The lowest BCUT2D eigenvalue weighted by Crippen LogP contribution is -2.08. The Morgan fingerprint density at radius 3 is 2.95 bits per heavy atom. The van der Waals surface area contributed by atoms with Crippen LogP contribution in [0.4, 0.5) is 0 Å². The first kappa shape index (κ1) is 14.7.